The summed E-state index contributed by atoms with van der Waals surface area (Å²) < 4.78 is 0. The molecular formula is C11H15N3O3. The summed E-state index contributed by atoms with van der Waals surface area (Å²) in [6, 6.07) is 2.02. The van der Waals surface area contributed by atoms with Crippen LogP contribution in [0.4, 0.5) is 10.5 Å². The lowest BCUT2D eigenvalue weighted by Gasteiger charge is -2.12. The molecule has 1 heterocycles. The molecule has 1 rings (SSSR count). The minimum atomic E-state index is -1.05. The number of aromatic nitrogens is 1. The first-order valence-corrected chi connectivity index (χ1v) is 5.26. The molecule has 0 radical (unpaired) electrons. The maximum absolute atomic E-state index is 11.5. The highest BCUT2D eigenvalue weighted by Gasteiger charge is 2.17. The molecule has 0 fully saturated rings. The maximum Gasteiger partial charge on any atom is 0.326 e. The topological polar surface area (TPSA) is 91.3 Å². The van der Waals surface area contributed by atoms with E-state index in [0.29, 0.717) is 12.1 Å². The zero-order valence-corrected chi connectivity index (χ0v) is 9.73. The molecule has 6 heteroatoms. The Morgan fingerprint density at radius 2 is 2.18 bits per heavy atom. The molecule has 1 aromatic rings. The summed E-state index contributed by atoms with van der Waals surface area (Å²) >= 11 is 0. The van der Waals surface area contributed by atoms with E-state index in [1.807, 2.05) is 6.92 Å². The molecule has 0 aliphatic rings. The number of aryl methyl sites for hydroxylation is 1. The molecule has 0 spiro atoms. The molecule has 1 aromatic heterocycles. The average molecular weight is 237 g/mol. The molecule has 0 aromatic carbocycles. The number of anilines is 1. The largest absolute Gasteiger partial charge is 0.480 e. The maximum atomic E-state index is 11.5. The molecule has 0 saturated heterocycles. The van der Waals surface area contributed by atoms with E-state index in [0.717, 1.165) is 5.69 Å². The molecule has 3 N–H and O–H groups in total. The van der Waals surface area contributed by atoms with Crippen LogP contribution in [-0.2, 0) is 4.79 Å². The molecule has 0 unspecified atom stereocenters. The Morgan fingerprint density at radius 3 is 2.65 bits per heavy atom. The zero-order chi connectivity index (χ0) is 12.8. The minimum Gasteiger partial charge on any atom is -0.480 e. The summed E-state index contributed by atoms with van der Waals surface area (Å²) in [5, 5.41) is 13.6. The quantitative estimate of drug-likeness (QED) is 0.737. The summed E-state index contributed by atoms with van der Waals surface area (Å²) in [7, 11) is 0. The van der Waals surface area contributed by atoms with E-state index >= 15 is 0 Å². The van der Waals surface area contributed by atoms with E-state index in [2.05, 4.69) is 15.6 Å². The van der Waals surface area contributed by atoms with Crippen LogP contribution in [0.5, 0.6) is 0 Å². The number of nitrogens with one attached hydrogen (secondary N) is 2. The number of nitrogens with zero attached hydrogens (tertiary/aromatic N) is 1. The SMILES string of the molecule is CC[C@H](NC(=O)Nc1ccc(C)nc1)C(=O)O. The van der Waals surface area contributed by atoms with Crippen LogP contribution >= 0.6 is 0 Å². The van der Waals surface area contributed by atoms with Gasteiger partial charge in [-0.05, 0) is 25.5 Å². The Kier molecular flexibility index (Phi) is 4.45. The first-order valence-electron chi connectivity index (χ1n) is 5.26. The summed E-state index contributed by atoms with van der Waals surface area (Å²) in [6.07, 6.45) is 1.84. The molecule has 6 nitrogen and oxygen atoms in total. The van der Waals surface area contributed by atoms with Crippen molar-refractivity contribution in [3.05, 3.63) is 24.0 Å². The summed E-state index contributed by atoms with van der Waals surface area (Å²) in [6.45, 7) is 3.52. The number of urea groups is 1. The van der Waals surface area contributed by atoms with Crippen LogP contribution < -0.4 is 10.6 Å². The van der Waals surface area contributed by atoms with Crippen molar-refractivity contribution in [3.8, 4) is 0 Å². The number of hydrogen-bond acceptors (Lipinski definition) is 3. The number of hydrogen-bond donors (Lipinski definition) is 3. The fourth-order valence-corrected chi connectivity index (χ4v) is 1.21. The first-order chi connectivity index (χ1) is 8.02. The van der Waals surface area contributed by atoms with Gasteiger partial charge in [0.15, 0.2) is 0 Å². The Labute approximate surface area is 99.1 Å². The van der Waals surface area contributed by atoms with E-state index in [-0.39, 0.29) is 0 Å². The third-order valence-electron chi connectivity index (χ3n) is 2.18. The number of pyridine rings is 1. The molecule has 2 amide bonds. The van der Waals surface area contributed by atoms with Crippen molar-refractivity contribution in [2.45, 2.75) is 26.3 Å². The summed E-state index contributed by atoms with van der Waals surface area (Å²) in [5.41, 5.74) is 1.36. The van der Waals surface area contributed by atoms with Crippen LogP contribution in [0.2, 0.25) is 0 Å². The molecule has 0 aliphatic carbocycles. The van der Waals surface area contributed by atoms with E-state index in [4.69, 9.17) is 5.11 Å². The average Bonchev–Trinajstić information content (AvgIpc) is 2.28. The number of carboxylic acids is 1. The summed E-state index contributed by atoms with van der Waals surface area (Å²) in [4.78, 5) is 26.2. The standard InChI is InChI=1S/C11H15N3O3/c1-3-9(10(15)16)14-11(17)13-8-5-4-7(2)12-6-8/h4-6,9H,3H2,1-2H3,(H,15,16)(H2,13,14,17)/t9-/m0/s1. The second kappa shape index (κ2) is 5.83. The van der Waals surface area contributed by atoms with Crippen LogP contribution in [-0.4, -0.2) is 28.1 Å². The van der Waals surface area contributed by atoms with Gasteiger partial charge in [-0.2, -0.15) is 0 Å². The Balaban J connectivity index is 2.54. The number of carbonyl (C=O) groups is 2. The van der Waals surface area contributed by atoms with Crippen molar-refractivity contribution in [1.82, 2.24) is 10.3 Å². The minimum absolute atomic E-state index is 0.328. The van der Waals surface area contributed by atoms with Gasteiger partial charge in [0.2, 0.25) is 0 Å². The predicted octanol–water partition coefficient (Wildman–Crippen LogP) is 1.37. The highest BCUT2D eigenvalue weighted by atomic mass is 16.4. The van der Waals surface area contributed by atoms with Gasteiger partial charge in [0.1, 0.15) is 6.04 Å². The van der Waals surface area contributed by atoms with Gasteiger partial charge in [0.25, 0.3) is 0 Å². The summed E-state index contributed by atoms with van der Waals surface area (Å²) in [5.74, 6) is -1.05. The molecular weight excluding hydrogens is 222 g/mol. The zero-order valence-electron chi connectivity index (χ0n) is 9.73. The van der Waals surface area contributed by atoms with Crippen molar-refractivity contribution in [2.24, 2.45) is 0 Å². The van der Waals surface area contributed by atoms with Crippen LogP contribution in [0.15, 0.2) is 18.3 Å². The van der Waals surface area contributed by atoms with E-state index in [1.54, 1.807) is 19.1 Å². The number of carboxylic acid groups (broad SMARTS) is 1. The van der Waals surface area contributed by atoms with Crippen LogP contribution in [0.1, 0.15) is 19.0 Å². The number of amides is 2. The van der Waals surface area contributed by atoms with E-state index in [1.165, 1.54) is 6.20 Å². The molecule has 0 saturated carbocycles. The van der Waals surface area contributed by atoms with E-state index < -0.39 is 18.0 Å². The van der Waals surface area contributed by atoms with Gasteiger partial charge in [-0.25, -0.2) is 9.59 Å². The van der Waals surface area contributed by atoms with Crippen molar-refractivity contribution in [3.63, 3.8) is 0 Å². The lowest BCUT2D eigenvalue weighted by atomic mass is 10.2. The lowest BCUT2D eigenvalue weighted by Crippen LogP contribution is -2.42. The van der Waals surface area contributed by atoms with Gasteiger partial charge in [0.05, 0.1) is 11.9 Å². The monoisotopic (exact) mass is 237 g/mol. The number of carbonyl (C=O) groups excluding carboxylic acids is 1. The van der Waals surface area contributed by atoms with Gasteiger partial charge >= 0.3 is 12.0 Å². The second-order valence-electron chi connectivity index (χ2n) is 3.59. The fraction of sp³-hybridized carbons (Fsp3) is 0.364. The predicted molar refractivity (Wildman–Crippen MR) is 62.8 cm³/mol. The van der Waals surface area contributed by atoms with Crippen molar-refractivity contribution >= 4 is 17.7 Å². The number of rotatable bonds is 4. The Hall–Kier alpha value is -2.11. The van der Waals surface area contributed by atoms with Gasteiger partial charge in [0, 0.05) is 5.69 Å². The highest BCUT2D eigenvalue weighted by molar-refractivity contribution is 5.92. The van der Waals surface area contributed by atoms with Crippen molar-refractivity contribution in [2.75, 3.05) is 5.32 Å². The first kappa shape index (κ1) is 13.0. The smallest absolute Gasteiger partial charge is 0.326 e. The second-order valence-corrected chi connectivity index (χ2v) is 3.59. The Bertz CT molecular complexity index is 403. The molecule has 92 valence electrons. The lowest BCUT2D eigenvalue weighted by molar-refractivity contribution is -0.139. The van der Waals surface area contributed by atoms with Crippen LogP contribution in [0.3, 0.4) is 0 Å². The Morgan fingerprint density at radius 1 is 1.47 bits per heavy atom. The van der Waals surface area contributed by atoms with Crippen LogP contribution in [0.25, 0.3) is 0 Å². The molecule has 17 heavy (non-hydrogen) atoms. The third-order valence-corrected chi connectivity index (χ3v) is 2.18. The van der Waals surface area contributed by atoms with Gasteiger partial charge < -0.3 is 15.7 Å². The number of aliphatic carboxylic acids is 1. The van der Waals surface area contributed by atoms with Crippen molar-refractivity contribution < 1.29 is 14.7 Å². The van der Waals surface area contributed by atoms with Gasteiger partial charge in [-0.15, -0.1) is 0 Å². The van der Waals surface area contributed by atoms with Gasteiger partial charge in [-0.3, -0.25) is 4.98 Å². The normalized spacial score (nSPS) is 11.6. The third kappa shape index (κ3) is 4.10. The fourth-order valence-electron chi connectivity index (χ4n) is 1.21. The molecule has 1 atom stereocenters. The molecule has 0 aliphatic heterocycles. The highest BCUT2D eigenvalue weighted by Crippen LogP contribution is 2.05. The van der Waals surface area contributed by atoms with Crippen LogP contribution in [0, 0.1) is 6.92 Å². The van der Waals surface area contributed by atoms with Gasteiger partial charge in [-0.1, -0.05) is 6.92 Å². The van der Waals surface area contributed by atoms with E-state index in [9.17, 15) is 9.59 Å². The van der Waals surface area contributed by atoms with Crippen molar-refractivity contribution in [1.29, 1.82) is 0 Å². The molecule has 0 bridgehead atoms.